The number of hydrogen-bond donors (Lipinski definition) is 1. The minimum Gasteiger partial charge on any atom is -0.308 e. The Morgan fingerprint density at radius 1 is 1.00 bits per heavy atom. The summed E-state index contributed by atoms with van der Waals surface area (Å²) in [5.74, 6) is 0. The number of hydrogen-bond acceptors (Lipinski definition) is 2. The second kappa shape index (κ2) is 8.11. The molecule has 0 bridgehead atoms. The maximum absolute atomic E-state index is 3.68. The number of piperidine rings is 1. The Balaban J connectivity index is 0.000000902. The van der Waals surface area contributed by atoms with Gasteiger partial charge in [0.15, 0.2) is 0 Å². The number of halogens is 2. The molecule has 2 nitrogen and oxygen atoms in total. The average Bonchev–Trinajstić information content (AvgIpc) is 2.40. The molecular formula is C15H24Cl2N2. The van der Waals surface area contributed by atoms with E-state index in [1.165, 1.54) is 50.9 Å². The summed E-state index contributed by atoms with van der Waals surface area (Å²) in [5.41, 5.74) is 3.04. The molecule has 0 unspecified atom stereocenters. The average molecular weight is 303 g/mol. The van der Waals surface area contributed by atoms with Crippen LogP contribution in [0.4, 0.5) is 0 Å². The number of nitrogens with zero attached hydrogens (tertiary/aromatic N) is 1. The van der Waals surface area contributed by atoms with Crippen LogP contribution in [0.25, 0.3) is 0 Å². The molecule has 0 saturated carbocycles. The number of nitrogens with one attached hydrogen (secondary N) is 1. The van der Waals surface area contributed by atoms with Crippen molar-refractivity contribution in [3.05, 3.63) is 35.4 Å². The van der Waals surface area contributed by atoms with Crippen molar-refractivity contribution in [3.63, 3.8) is 0 Å². The first-order valence-corrected chi connectivity index (χ1v) is 6.94. The van der Waals surface area contributed by atoms with E-state index in [9.17, 15) is 0 Å². The molecule has 0 aliphatic carbocycles. The minimum absolute atomic E-state index is 0. The highest BCUT2D eigenvalue weighted by Crippen LogP contribution is 2.18. The molecule has 19 heavy (non-hydrogen) atoms. The summed E-state index contributed by atoms with van der Waals surface area (Å²) >= 11 is 0. The summed E-state index contributed by atoms with van der Waals surface area (Å²) in [6.45, 7) is 4.89. The first kappa shape index (κ1) is 16.8. The van der Waals surface area contributed by atoms with Gasteiger partial charge in [-0.1, -0.05) is 30.7 Å². The maximum Gasteiger partial charge on any atom is 0.0238 e. The predicted octanol–water partition coefficient (Wildman–Crippen LogP) is 3.03. The normalized spacial score (nSPS) is 22.8. The highest BCUT2D eigenvalue weighted by molar-refractivity contribution is 5.85. The highest BCUT2D eigenvalue weighted by atomic mass is 35.5. The fourth-order valence-electron chi connectivity index (χ4n) is 3.10. The van der Waals surface area contributed by atoms with Gasteiger partial charge in [0, 0.05) is 19.1 Å². The standard InChI is InChI=1S/C15H22N2.2ClH/c1-4-8-17(9-5-1)12-15-10-13-6-2-3-7-14(13)11-16-15;;/h2-3,6-7,15-16H,1,4-5,8-12H2;2*1H/t15-;;/m0../s1. The number of benzene rings is 1. The minimum atomic E-state index is 0. The topological polar surface area (TPSA) is 15.3 Å². The Bertz CT molecular complexity index is 378. The van der Waals surface area contributed by atoms with Crippen molar-refractivity contribution in [1.29, 1.82) is 0 Å². The van der Waals surface area contributed by atoms with Gasteiger partial charge >= 0.3 is 0 Å². The van der Waals surface area contributed by atoms with Crippen molar-refractivity contribution in [2.75, 3.05) is 19.6 Å². The van der Waals surface area contributed by atoms with Gasteiger partial charge in [0.05, 0.1) is 0 Å². The Labute approximate surface area is 128 Å². The van der Waals surface area contributed by atoms with E-state index >= 15 is 0 Å². The van der Waals surface area contributed by atoms with Crippen LogP contribution in [-0.4, -0.2) is 30.6 Å². The lowest BCUT2D eigenvalue weighted by Gasteiger charge is -2.33. The zero-order valence-electron chi connectivity index (χ0n) is 11.3. The van der Waals surface area contributed by atoms with Gasteiger partial charge in [-0.15, -0.1) is 24.8 Å². The van der Waals surface area contributed by atoms with E-state index in [2.05, 4.69) is 34.5 Å². The number of rotatable bonds is 2. The molecule has 3 rings (SSSR count). The maximum atomic E-state index is 3.68. The lowest BCUT2D eigenvalue weighted by atomic mass is 9.95. The van der Waals surface area contributed by atoms with Gasteiger partial charge in [0.25, 0.3) is 0 Å². The van der Waals surface area contributed by atoms with Crippen LogP contribution in [0.5, 0.6) is 0 Å². The lowest BCUT2D eigenvalue weighted by Crippen LogP contribution is -2.46. The van der Waals surface area contributed by atoms with Crippen LogP contribution in [0.15, 0.2) is 24.3 Å². The van der Waals surface area contributed by atoms with Crippen LogP contribution >= 0.6 is 24.8 Å². The molecule has 2 aliphatic rings. The third kappa shape index (κ3) is 4.35. The van der Waals surface area contributed by atoms with Crippen molar-refractivity contribution in [2.45, 2.75) is 38.3 Å². The Morgan fingerprint density at radius 3 is 2.42 bits per heavy atom. The van der Waals surface area contributed by atoms with Gasteiger partial charge < -0.3 is 10.2 Å². The molecule has 1 aromatic rings. The number of likely N-dealkylation sites (tertiary alicyclic amines) is 1. The molecule has 0 amide bonds. The van der Waals surface area contributed by atoms with Gasteiger partial charge in [-0.2, -0.15) is 0 Å². The van der Waals surface area contributed by atoms with E-state index in [1.54, 1.807) is 5.56 Å². The first-order chi connectivity index (χ1) is 8.42. The fraction of sp³-hybridized carbons (Fsp3) is 0.600. The molecule has 1 aromatic carbocycles. The van der Waals surface area contributed by atoms with E-state index in [1.807, 2.05) is 0 Å². The smallest absolute Gasteiger partial charge is 0.0238 e. The van der Waals surface area contributed by atoms with E-state index in [0.29, 0.717) is 6.04 Å². The zero-order valence-corrected chi connectivity index (χ0v) is 12.9. The van der Waals surface area contributed by atoms with Crippen LogP contribution < -0.4 is 5.32 Å². The Kier molecular flexibility index (Phi) is 7.16. The van der Waals surface area contributed by atoms with Gasteiger partial charge in [0.1, 0.15) is 0 Å². The van der Waals surface area contributed by atoms with Crippen molar-refractivity contribution < 1.29 is 0 Å². The third-order valence-electron chi connectivity index (χ3n) is 4.09. The molecule has 1 saturated heterocycles. The summed E-state index contributed by atoms with van der Waals surface area (Å²) in [4.78, 5) is 2.63. The van der Waals surface area contributed by atoms with Gasteiger partial charge in [-0.3, -0.25) is 0 Å². The second-order valence-electron chi connectivity index (χ2n) is 5.41. The molecule has 2 aliphatic heterocycles. The van der Waals surface area contributed by atoms with Gasteiger partial charge in [-0.25, -0.2) is 0 Å². The first-order valence-electron chi connectivity index (χ1n) is 6.94. The fourth-order valence-corrected chi connectivity index (χ4v) is 3.10. The molecule has 108 valence electrons. The summed E-state index contributed by atoms with van der Waals surface area (Å²) < 4.78 is 0. The molecule has 1 N–H and O–H groups in total. The zero-order chi connectivity index (χ0) is 11.5. The van der Waals surface area contributed by atoms with E-state index < -0.39 is 0 Å². The van der Waals surface area contributed by atoms with Crippen LogP contribution in [0, 0.1) is 0 Å². The summed E-state index contributed by atoms with van der Waals surface area (Å²) in [7, 11) is 0. The molecule has 1 fully saturated rings. The van der Waals surface area contributed by atoms with E-state index in [4.69, 9.17) is 0 Å². The molecule has 0 spiro atoms. The van der Waals surface area contributed by atoms with Crippen molar-refractivity contribution in [2.24, 2.45) is 0 Å². The van der Waals surface area contributed by atoms with E-state index in [-0.39, 0.29) is 24.8 Å². The van der Waals surface area contributed by atoms with Crippen molar-refractivity contribution in [3.8, 4) is 0 Å². The van der Waals surface area contributed by atoms with Crippen LogP contribution in [0.1, 0.15) is 30.4 Å². The highest BCUT2D eigenvalue weighted by Gasteiger charge is 2.20. The lowest BCUT2D eigenvalue weighted by molar-refractivity contribution is 0.201. The van der Waals surface area contributed by atoms with Gasteiger partial charge in [0.2, 0.25) is 0 Å². The van der Waals surface area contributed by atoms with Crippen LogP contribution in [0.3, 0.4) is 0 Å². The number of fused-ring (bicyclic) bond motifs is 1. The quantitative estimate of drug-likeness (QED) is 0.903. The molecule has 0 aromatic heterocycles. The molecule has 4 heteroatoms. The monoisotopic (exact) mass is 302 g/mol. The van der Waals surface area contributed by atoms with Crippen LogP contribution in [-0.2, 0) is 13.0 Å². The largest absolute Gasteiger partial charge is 0.308 e. The van der Waals surface area contributed by atoms with Crippen molar-refractivity contribution in [1.82, 2.24) is 10.2 Å². The summed E-state index contributed by atoms with van der Waals surface area (Å²) in [6.07, 6.45) is 5.41. The second-order valence-corrected chi connectivity index (χ2v) is 5.41. The SMILES string of the molecule is Cl.Cl.c1ccc2c(c1)CN[C@H](CN1CCCCC1)C2. The Hall–Kier alpha value is -0.280. The molecular weight excluding hydrogens is 279 g/mol. The molecule has 2 heterocycles. The van der Waals surface area contributed by atoms with Crippen molar-refractivity contribution >= 4 is 24.8 Å². The predicted molar refractivity (Wildman–Crippen MR) is 85.6 cm³/mol. The third-order valence-corrected chi connectivity index (χ3v) is 4.09. The molecule has 0 radical (unpaired) electrons. The summed E-state index contributed by atoms with van der Waals surface area (Å²) in [6, 6.07) is 9.51. The summed E-state index contributed by atoms with van der Waals surface area (Å²) in [5, 5.41) is 3.68. The van der Waals surface area contributed by atoms with Crippen LogP contribution in [0.2, 0.25) is 0 Å². The van der Waals surface area contributed by atoms with E-state index in [0.717, 1.165) is 6.54 Å². The van der Waals surface area contributed by atoms with Gasteiger partial charge in [-0.05, 0) is 43.5 Å². The molecule has 1 atom stereocenters. The Morgan fingerprint density at radius 2 is 1.68 bits per heavy atom.